The van der Waals surface area contributed by atoms with Gasteiger partial charge in [-0.05, 0) is 42.7 Å². The lowest BCUT2D eigenvalue weighted by atomic mass is 9.94. The van der Waals surface area contributed by atoms with Gasteiger partial charge in [0.1, 0.15) is 5.75 Å². The molecule has 1 fully saturated rings. The number of carbonyl (C=O) groups excluding carboxylic acids is 2. The molecule has 0 radical (unpaired) electrons. The first kappa shape index (κ1) is 22.3. The molecule has 0 saturated carbocycles. The maximum atomic E-state index is 13.6. The van der Waals surface area contributed by atoms with Crippen LogP contribution in [0.2, 0.25) is 5.02 Å². The number of methoxy groups -OCH3 is 1. The van der Waals surface area contributed by atoms with Gasteiger partial charge in [-0.2, -0.15) is 0 Å². The maximum Gasteiger partial charge on any atom is 0.290 e. The molecule has 1 saturated heterocycles. The number of carbonyl (C=O) groups is 2. The van der Waals surface area contributed by atoms with E-state index >= 15 is 0 Å². The van der Waals surface area contributed by atoms with Crippen LogP contribution < -0.4 is 4.74 Å². The van der Waals surface area contributed by atoms with Gasteiger partial charge in [-0.3, -0.25) is 9.59 Å². The molecular formula is C25H22ClNO7. The fraction of sp³-hybridized carbons (Fsp3) is 0.280. The molecule has 2 N–H and O–H groups in total. The van der Waals surface area contributed by atoms with Crippen molar-refractivity contribution in [2.45, 2.75) is 25.0 Å². The molecule has 176 valence electrons. The highest BCUT2D eigenvalue weighted by atomic mass is 35.5. The van der Waals surface area contributed by atoms with Gasteiger partial charge in [0.2, 0.25) is 5.78 Å². The number of hydrogen-bond acceptors (Lipinski definition) is 7. The summed E-state index contributed by atoms with van der Waals surface area (Å²) in [5, 5.41) is 21.5. The summed E-state index contributed by atoms with van der Waals surface area (Å²) in [6.45, 7) is 0.819. The summed E-state index contributed by atoms with van der Waals surface area (Å²) in [7, 11) is 1.46. The predicted octanol–water partition coefficient (Wildman–Crippen LogP) is 4.56. The number of rotatable bonds is 6. The van der Waals surface area contributed by atoms with E-state index in [4.69, 9.17) is 25.5 Å². The third-order valence-electron chi connectivity index (χ3n) is 6.17. The highest BCUT2D eigenvalue weighted by molar-refractivity contribution is 6.31. The summed E-state index contributed by atoms with van der Waals surface area (Å²) in [4.78, 5) is 28.2. The molecule has 2 aliphatic heterocycles. The van der Waals surface area contributed by atoms with Crippen LogP contribution in [-0.4, -0.2) is 53.2 Å². The van der Waals surface area contributed by atoms with Gasteiger partial charge in [-0.15, -0.1) is 0 Å². The van der Waals surface area contributed by atoms with Crippen molar-refractivity contribution in [3.05, 3.63) is 70.1 Å². The molecule has 2 aromatic carbocycles. The van der Waals surface area contributed by atoms with E-state index in [2.05, 4.69) is 0 Å². The number of phenolic OH excluding ortho intramolecular Hbond substituents is 1. The largest absolute Gasteiger partial charge is 0.508 e. The van der Waals surface area contributed by atoms with E-state index in [0.717, 1.165) is 12.8 Å². The Kier molecular flexibility index (Phi) is 5.71. The lowest BCUT2D eigenvalue weighted by molar-refractivity contribution is -0.131. The number of aromatic hydroxyl groups is 1. The summed E-state index contributed by atoms with van der Waals surface area (Å²) in [5.74, 6) is -1.58. The third kappa shape index (κ3) is 3.78. The Morgan fingerprint density at radius 3 is 2.65 bits per heavy atom. The van der Waals surface area contributed by atoms with Gasteiger partial charge in [0.15, 0.2) is 22.9 Å². The number of ketones is 1. The van der Waals surface area contributed by atoms with Crippen molar-refractivity contribution < 1.29 is 33.7 Å². The zero-order chi connectivity index (χ0) is 24.0. The van der Waals surface area contributed by atoms with E-state index in [0.29, 0.717) is 33.9 Å². The molecule has 0 spiro atoms. The van der Waals surface area contributed by atoms with Crippen LogP contribution in [0, 0.1) is 0 Å². The second-order valence-electron chi connectivity index (χ2n) is 8.32. The van der Waals surface area contributed by atoms with Gasteiger partial charge < -0.3 is 29.0 Å². The molecule has 3 aromatic rings. The lowest BCUT2D eigenvalue weighted by Gasteiger charge is -2.28. The fourth-order valence-corrected chi connectivity index (χ4v) is 4.78. The van der Waals surface area contributed by atoms with Gasteiger partial charge in [-0.25, -0.2) is 0 Å². The summed E-state index contributed by atoms with van der Waals surface area (Å²) < 4.78 is 16.8. The van der Waals surface area contributed by atoms with Crippen LogP contribution in [-0.2, 0) is 9.53 Å². The first-order valence-corrected chi connectivity index (χ1v) is 11.2. The van der Waals surface area contributed by atoms with Crippen LogP contribution in [0.4, 0.5) is 0 Å². The number of Topliss-reactive ketones (excluding diaryl/α,β-unsaturated/α-hetero) is 1. The Balaban J connectivity index is 1.58. The van der Waals surface area contributed by atoms with Crippen molar-refractivity contribution in [3.8, 4) is 11.5 Å². The Hall–Kier alpha value is -3.49. The molecule has 8 nitrogen and oxygen atoms in total. The van der Waals surface area contributed by atoms with Gasteiger partial charge in [-0.1, -0.05) is 23.7 Å². The van der Waals surface area contributed by atoms with E-state index in [-0.39, 0.29) is 29.7 Å². The zero-order valence-corrected chi connectivity index (χ0v) is 19.0. The minimum atomic E-state index is -0.872. The van der Waals surface area contributed by atoms with Crippen molar-refractivity contribution in [1.29, 1.82) is 0 Å². The summed E-state index contributed by atoms with van der Waals surface area (Å²) in [5.41, 5.74) is 0.795. The van der Waals surface area contributed by atoms with E-state index in [1.54, 1.807) is 24.3 Å². The predicted molar refractivity (Wildman–Crippen MR) is 123 cm³/mol. The third-order valence-corrected chi connectivity index (χ3v) is 6.39. The van der Waals surface area contributed by atoms with E-state index in [1.807, 2.05) is 0 Å². The molecule has 34 heavy (non-hydrogen) atoms. The second kappa shape index (κ2) is 8.70. The number of benzene rings is 2. The molecule has 3 heterocycles. The molecule has 9 heteroatoms. The van der Waals surface area contributed by atoms with E-state index in [9.17, 15) is 19.8 Å². The molecule has 2 unspecified atom stereocenters. The van der Waals surface area contributed by atoms with Crippen LogP contribution in [0.5, 0.6) is 11.5 Å². The number of halogens is 1. The first-order chi connectivity index (χ1) is 16.4. The number of hydrogen-bond donors (Lipinski definition) is 2. The number of phenols is 1. The maximum absolute atomic E-state index is 13.6. The molecular weight excluding hydrogens is 462 g/mol. The minimum absolute atomic E-state index is 0.0427. The zero-order valence-electron chi connectivity index (χ0n) is 18.3. The Morgan fingerprint density at radius 2 is 1.97 bits per heavy atom. The average Bonchev–Trinajstić information content (AvgIpc) is 3.54. The Bertz CT molecular complexity index is 1300. The number of nitrogens with zero attached hydrogens (tertiary/aromatic N) is 1. The van der Waals surface area contributed by atoms with E-state index in [1.165, 1.54) is 30.2 Å². The van der Waals surface area contributed by atoms with Crippen LogP contribution in [0.15, 0.2) is 58.2 Å². The van der Waals surface area contributed by atoms with Gasteiger partial charge in [0.25, 0.3) is 5.91 Å². The van der Waals surface area contributed by atoms with E-state index < -0.39 is 23.5 Å². The molecule has 0 bridgehead atoms. The lowest BCUT2D eigenvalue weighted by Crippen LogP contribution is -2.37. The van der Waals surface area contributed by atoms with Crippen molar-refractivity contribution >= 4 is 34.3 Å². The molecule has 2 aliphatic rings. The van der Waals surface area contributed by atoms with Crippen molar-refractivity contribution in [2.24, 2.45) is 0 Å². The van der Waals surface area contributed by atoms with Gasteiger partial charge in [0.05, 0.1) is 24.8 Å². The van der Waals surface area contributed by atoms with Crippen molar-refractivity contribution in [1.82, 2.24) is 4.90 Å². The average molecular weight is 484 g/mol. The fourth-order valence-electron chi connectivity index (χ4n) is 4.57. The Labute approximate surface area is 199 Å². The summed E-state index contributed by atoms with van der Waals surface area (Å²) in [6.07, 6.45) is 1.47. The highest BCUT2D eigenvalue weighted by Crippen LogP contribution is 2.41. The summed E-state index contributed by atoms with van der Waals surface area (Å²) >= 11 is 6.14. The SMILES string of the molecule is COc1cc(Cl)cc2cc(C(=O)C3=C(O)C(=O)N(CC4CCCO4)C3c3ccc(O)cc3)oc12. The quantitative estimate of drug-likeness (QED) is 0.494. The number of furan rings is 1. The number of fused-ring (bicyclic) bond motifs is 1. The monoisotopic (exact) mass is 483 g/mol. The first-order valence-electron chi connectivity index (χ1n) is 10.8. The van der Waals surface area contributed by atoms with Gasteiger partial charge in [0, 0.05) is 29.6 Å². The van der Waals surface area contributed by atoms with Crippen LogP contribution in [0.3, 0.4) is 0 Å². The van der Waals surface area contributed by atoms with Crippen LogP contribution in [0.1, 0.15) is 35.0 Å². The number of aliphatic hydroxyl groups excluding tert-OH is 1. The molecule has 1 aromatic heterocycles. The summed E-state index contributed by atoms with van der Waals surface area (Å²) in [6, 6.07) is 10.0. The number of aliphatic hydroxyl groups is 1. The second-order valence-corrected chi connectivity index (χ2v) is 8.75. The number of amides is 1. The number of ether oxygens (including phenoxy) is 2. The van der Waals surface area contributed by atoms with Crippen LogP contribution in [0.25, 0.3) is 11.0 Å². The smallest absolute Gasteiger partial charge is 0.290 e. The van der Waals surface area contributed by atoms with Crippen LogP contribution >= 0.6 is 11.6 Å². The Morgan fingerprint density at radius 1 is 1.21 bits per heavy atom. The molecule has 5 rings (SSSR count). The van der Waals surface area contributed by atoms with Gasteiger partial charge >= 0.3 is 0 Å². The van der Waals surface area contributed by atoms with Crippen molar-refractivity contribution in [2.75, 3.05) is 20.3 Å². The topological polar surface area (TPSA) is 109 Å². The standard InChI is InChI=1S/C25H22ClNO7/c1-32-19-11-15(26)9-14-10-18(34-24(14)19)22(29)20-21(13-4-6-16(28)7-5-13)27(25(31)23(20)30)12-17-3-2-8-33-17/h4-7,9-11,17,21,28,30H,2-3,8,12H2,1H3. The minimum Gasteiger partial charge on any atom is -0.508 e. The molecule has 0 aliphatic carbocycles. The molecule has 2 atom stereocenters. The van der Waals surface area contributed by atoms with Crippen molar-refractivity contribution in [3.63, 3.8) is 0 Å². The molecule has 1 amide bonds. The normalized spacial score (nSPS) is 20.5. The highest BCUT2D eigenvalue weighted by Gasteiger charge is 2.45.